The van der Waals surface area contributed by atoms with Crippen molar-refractivity contribution in [1.82, 2.24) is 20.3 Å². The number of non-ortho nitro benzene ring substituents is 1. The summed E-state index contributed by atoms with van der Waals surface area (Å²) in [6, 6.07) is 15.8. The molecule has 2 heterocycles. The number of carbonyl (C=O) groups excluding carboxylic acids is 2. The molecular formula is C22H18N6O5. The summed E-state index contributed by atoms with van der Waals surface area (Å²) in [5.41, 5.74) is 1.25. The van der Waals surface area contributed by atoms with E-state index in [1.807, 2.05) is 0 Å². The highest BCUT2D eigenvalue weighted by Crippen LogP contribution is 2.20. The molecule has 0 spiro atoms. The number of amides is 2. The van der Waals surface area contributed by atoms with Crippen LogP contribution in [0.3, 0.4) is 0 Å². The van der Waals surface area contributed by atoms with Gasteiger partial charge in [-0.1, -0.05) is 23.4 Å². The third-order valence-corrected chi connectivity index (χ3v) is 4.82. The lowest BCUT2D eigenvalue weighted by Crippen LogP contribution is -2.25. The minimum Gasteiger partial charge on any atom is -0.467 e. The smallest absolute Gasteiger partial charge is 0.278 e. The van der Waals surface area contributed by atoms with Gasteiger partial charge in [0.25, 0.3) is 17.5 Å². The second-order valence-electron chi connectivity index (χ2n) is 6.97. The molecule has 0 saturated heterocycles. The first-order valence-electron chi connectivity index (χ1n) is 9.82. The standard InChI is InChI=1S/C22H18N6O5/c1-14-20(25-26-27(14)15-6-4-7-16(12-15)28(31)32)22(30)24-19-10-3-2-9-18(19)21(29)23-13-17-8-5-11-33-17/h2-12H,13H2,1H3,(H,23,29)(H,24,30). The second kappa shape index (κ2) is 9.14. The molecule has 0 aliphatic heterocycles. The van der Waals surface area contributed by atoms with E-state index in [9.17, 15) is 19.7 Å². The zero-order valence-electron chi connectivity index (χ0n) is 17.4. The number of nitro benzene ring substituents is 1. The molecule has 4 aromatic rings. The van der Waals surface area contributed by atoms with Crippen molar-refractivity contribution in [3.63, 3.8) is 0 Å². The van der Waals surface area contributed by atoms with Crippen LogP contribution in [0, 0.1) is 17.0 Å². The van der Waals surface area contributed by atoms with E-state index in [0.717, 1.165) is 0 Å². The number of hydrogen-bond acceptors (Lipinski definition) is 7. The maximum atomic E-state index is 12.9. The van der Waals surface area contributed by atoms with Gasteiger partial charge in [0, 0.05) is 12.1 Å². The summed E-state index contributed by atoms with van der Waals surface area (Å²) in [6.45, 7) is 1.82. The van der Waals surface area contributed by atoms with Crippen molar-refractivity contribution in [2.24, 2.45) is 0 Å². The first-order chi connectivity index (χ1) is 15.9. The van der Waals surface area contributed by atoms with Crippen LogP contribution in [0.2, 0.25) is 0 Å². The van der Waals surface area contributed by atoms with E-state index >= 15 is 0 Å². The van der Waals surface area contributed by atoms with Crippen LogP contribution in [0.4, 0.5) is 11.4 Å². The lowest BCUT2D eigenvalue weighted by Gasteiger charge is -2.10. The predicted molar refractivity (Wildman–Crippen MR) is 117 cm³/mol. The van der Waals surface area contributed by atoms with Crippen molar-refractivity contribution >= 4 is 23.2 Å². The van der Waals surface area contributed by atoms with Gasteiger partial charge < -0.3 is 15.1 Å². The van der Waals surface area contributed by atoms with Crippen molar-refractivity contribution in [2.45, 2.75) is 13.5 Å². The lowest BCUT2D eigenvalue weighted by atomic mass is 10.1. The molecule has 0 radical (unpaired) electrons. The quantitative estimate of drug-likeness (QED) is 0.327. The number of rotatable bonds is 7. The maximum Gasteiger partial charge on any atom is 0.278 e. The van der Waals surface area contributed by atoms with Gasteiger partial charge in [0.1, 0.15) is 5.76 Å². The molecule has 2 aromatic carbocycles. The molecule has 0 unspecified atom stereocenters. The van der Waals surface area contributed by atoms with E-state index in [2.05, 4.69) is 20.9 Å². The van der Waals surface area contributed by atoms with Gasteiger partial charge in [0.15, 0.2) is 5.69 Å². The third kappa shape index (κ3) is 4.61. The molecule has 2 aromatic heterocycles. The lowest BCUT2D eigenvalue weighted by molar-refractivity contribution is -0.384. The van der Waals surface area contributed by atoms with E-state index in [4.69, 9.17) is 4.42 Å². The van der Waals surface area contributed by atoms with Gasteiger partial charge in [-0.15, -0.1) is 5.10 Å². The van der Waals surface area contributed by atoms with Crippen LogP contribution >= 0.6 is 0 Å². The number of furan rings is 1. The number of para-hydroxylation sites is 1. The van der Waals surface area contributed by atoms with Gasteiger partial charge in [-0.25, -0.2) is 4.68 Å². The number of nitrogens with zero attached hydrogens (tertiary/aromatic N) is 4. The molecular weight excluding hydrogens is 428 g/mol. The Kier molecular flexibility index (Phi) is 5.94. The largest absolute Gasteiger partial charge is 0.467 e. The van der Waals surface area contributed by atoms with Crippen LogP contribution in [0.15, 0.2) is 71.3 Å². The van der Waals surface area contributed by atoms with Crippen molar-refractivity contribution in [1.29, 1.82) is 0 Å². The zero-order valence-corrected chi connectivity index (χ0v) is 17.4. The molecule has 11 heteroatoms. The Bertz CT molecular complexity index is 1330. The fourth-order valence-corrected chi connectivity index (χ4v) is 3.17. The van der Waals surface area contributed by atoms with Gasteiger partial charge in [0.05, 0.1) is 40.4 Å². The molecule has 0 aliphatic rings. The van der Waals surface area contributed by atoms with E-state index in [1.54, 1.807) is 49.4 Å². The first-order valence-corrected chi connectivity index (χ1v) is 9.82. The minimum atomic E-state index is -0.574. The Labute approximate surface area is 187 Å². The van der Waals surface area contributed by atoms with E-state index in [0.29, 0.717) is 22.8 Å². The molecule has 2 amide bonds. The van der Waals surface area contributed by atoms with Crippen LogP contribution in [0.5, 0.6) is 0 Å². The van der Waals surface area contributed by atoms with E-state index in [-0.39, 0.29) is 29.4 Å². The van der Waals surface area contributed by atoms with Crippen LogP contribution in [0.1, 0.15) is 32.3 Å². The summed E-state index contributed by atoms with van der Waals surface area (Å²) >= 11 is 0. The van der Waals surface area contributed by atoms with Gasteiger partial charge in [-0.2, -0.15) is 0 Å². The highest BCUT2D eigenvalue weighted by molar-refractivity contribution is 6.08. The Balaban J connectivity index is 1.53. The van der Waals surface area contributed by atoms with Crippen molar-refractivity contribution in [3.05, 3.63) is 99.8 Å². The molecule has 0 aliphatic carbocycles. The Morgan fingerprint density at radius 3 is 2.67 bits per heavy atom. The molecule has 0 fully saturated rings. The average Bonchev–Trinajstić information content (AvgIpc) is 3.47. The average molecular weight is 446 g/mol. The summed E-state index contributed by atoms with van der Waals surface area (Å²) in [5, 5.41) is 24.4. The Morgan fingerprint density at radius 1 is 1.09 bits per heavy atom. The monoisotopic (exact) mass is 446 g/mol. The number of benzene rings is 2. The summed E-state index contributed by atoms with van der Waals surface area (Å²) in [7, 11) is 0. The second-order valence-corrected chi connectivity index (χ2v) is 6.97. The molecule has 11 nitrogen and oxygen atoms in total. The molecule has 0 saturated carbocycles. The summed E-state index contributed by atoms with van der Waals surface area (Å²) in [5.74, 6) is -0.368. The van der Waals surface area contributed by atoms with Gasteiger partial charge in [0.2, 0.25) is 0 Å². The SMILES string of the molecule is Cc1c(C(=O)Nc2ccccc2C(=O)NCc2ccco2)nnn1-c1cccc([N+](=O)[O-])c1. The Morgan fingerprint density at radius 2 is 1.91 bits per heavy atom. The van der Waals surface area contributed by atoms with Crippen molar-refractivity contribution in [3.8, 4) is 5.69 Å². The van der Waals surface area contributed by atoms with Gasteiger partial charge >= 0.3 is 0 Å². The number of carbonyl (C=O) groups is 2. The highest BCUT2D eigenvalue weighted by atomic mass is 16.6. The topological polar surface area (TPSA) is 145 Å². The van der Waals surface area contributed by atoms with Crippen LogP contribution in [-0.2, 0) is 6.54 Å². The summed E-state index contributed by atoms with van der Waals surface area (Å²) in [6.07, 6.45) is 1.51. The van der Waals surface area contributed by atoms with E-state index < -0.39 is 10.8 Å². The third-order valence-electron chi connectivity index (χ3n) is 4.82. The fourth-order valence-electron chi connectivity index (χ4n) is 3.17. The van der Waals surface area contributed by atoms with Gasteiger partial charge in [-0.3, -0.25) is 19.7 Å². The number of aromatic nitrogens is 3. The molecule has 0 atom stereocenters. The number of anilines is 1. The Hall–Kier alpha value is -4.80. The number of hydrogen-bond donors (Lipinski definition) is 2. The fraction of sp³-hybridized carbons (Fsp3) is 0.0909. The summed E-state index contributed by atoms with van der Waals surface area (Å²) < 4.78 is 6.54. The predicted octanol–water partition coefficient (Wildman–Crippen LogP) is 3.26. The molecule has 33 heavy (non-hydrogen) atoms. The zero-order chi connectivity index (χ0) is 23.4. The van der Waals surface area contributed by atoms with Crippen molar-refractivity contribution in [2.75, 3.05) is 5.32 Å². The normalized spacial score (nSPS) is 10.6. The molecule has 2 N–H and O–H groups in total. The molecule has 4 rings (SSSR count). The molecule has 166 valence electrons. The number of nitro groups is 1. The van der Waals surface area contributed by atoms with E-state index in [1.165, 1.54) is 29.1 Å². The first kappa shape index (κ1) is 21.4. The van der Waals surface area contributed by atoms with Gasteiger partial charge in [-0.05, 0) is 37.3 Å². The van der Waals surface area contributed by atoms with Crippen LogP contribution in [-0.4, -0.2) is 31.7 Å². The minimum absolute atomic E-state index is 0.0207. The molecule has 0 bridgehead atoms. The van der Waals surface area contributed by atoms with Crippen molar-refractivity contribution < 1.29 is 18.9 Å². The van der Waals surface area contributed by atoms with Crippen LogP contribution in [0.25, 0.3) is 5.69 Å². The summed E-state index contributed by atoms with van der Waals surface area (Å²) in [4.78, 5) is 36.1. The number of nitrogens with one attached hydrogen (secondary N) is 2. The highest BCUT2D eigenvalue weighted by Gasteiger charge is 2.21. The maximum absolute atomic E-state index is 12.9. The van der Waals surface area contributed by atoms with Crippen LogP contribution < -0.4 is 10.6 Å².